The van der Waals surface area contributed by atoms with Gasteiger partial charge in [0.2, 0.25) is 0 Å². The van der Waals surface area contributed by atoms with Gasteiger partial charge in [-0.2, -0.15) is 0 Å². The van der Waals surface area contributed by atoms with Crippen molar-refractivity contribution in [2.24, 2.45) is 0 Å². The fourth-order valence-corrected chi connectivity index (χ4v) is 9.35. The summed E-state index contributed by atoms with van der Waals surface area (Å²) in [6.07, 6.45) is 0. The van der Waals surface area contributed by atoms with E-state index in [2.05, 4.69) is 84.9 Å². The standard InChI is InChI=1S/C63H40N4O/c1-2-17-41(18-3-1)42-19-12-20-43(37-42)44-21-13-22-45(38-44)46-23-14-25-48(39-46)61-64-62(49-26-15-24-47(40-49)50-31-16-32-54-53-29-7-11-36-59(53)68-60(50)54)66-63(65-61)55-30-6-10-35-58(55)67-56-33-8-4-27-51(56)52-28-5-9-34-57(52)67/h1-40H/i4D,5D,8D,27D,28D,33D,34D. The summed E-state index contributed by atoms with van der Waals surface area (Å²) in [5.41, 5.74) is 12.3. The lowest BCUT2D eigenvalue weighted by molar-refractivity contribution is 0.670. The van der Waals surface area contributed by atoms with E-state index in [4.69, 9.17) is 26.2 Å². The van der Waals surface area contributed by atoms with Crippen molar-refractivity contribution < 1.29 is 14.0 Å². The summed E-state index contributed by atoms with van der Waals surface area (Å²) >= 11 is 0. The summed E-state index contributed by atoms with van der Waals surface area (Å²) in [6, 6.07) is 63.8. The number of nitrogens with zero attached hydrogens (tertiary/aromatic N) is 4. The molecule has 0 unspecified atom stereocenters. The second-order valence-corrected chi connectivity index (χ2v) is 16.6. The Balaban J connectivity index is 1.01. The second-order valence-electron chi connectivity index (χ2n) is 16.6. The smallest absolute Gasteiger partial charge is 0.166 e. The van der Waals surface area contributed by atoms with Crippen LogP contribution in [-0.2, 0) is 0 Å². The van der Waals surface area contributed by atoms with E-state index in [0.717, 1.165) is 72.0 Å². The van der Waals surface area contributed by atoms with Crippen LogP contribution in [0.25, 0.3) is 128 Å². The van der Waals surface area contributed by atoms with E-state index >= 15 is 0 Å². The summed E-state index contributed by atoms with van der Waals surface area (Å²) in [4.78, 5) is 15.7. The lowest BCUT2D eigenvalue weighted by Gasteiger charge is -2.15. The molecule has 318 valence electrons. The molecule has 5 nitrogen and oxygen atoms in total. The van der Waals surface area contributed by atoms with Gasteiger partial charge in [-0.15, -0.1) is 0 Å². The SMILES string of the molecule is [2H]c1cc([2H])c2c(c1[2H])c1c([2H])c([2H])c([2H])c([2H])c1n2-c1ccccc1-c1nc(-c2cccc(-c3cccc(-c4cccc(-c5ccccc5)c4)c3)c2)nc(-c2cccc(-c3cccc4c3oc3ccccc34)c2)n1. The van der Waals surface area contributed by atoms with Gasteiger partial charge in [0, 0.05) is 43.8 Å². The van der Waals surface area contributed by atoms with Gasteiger partial charge in [-0.05, 0) is 93.5 Å². The van der Waals surface area contributed by atoms with Gasteiger partial charge in [0.25, 0.3) is 0 Å². The van der Waals surface area contributed by atoms with Crippen LogP contribution < -0.4 is 0 Å². The number of hydrogen-bond donors (Lipinski definition) is 0. The zero-order chi connectivity index (χ0) is 51.1. The monoisotopic (exact) mass is 875 g/mol. The molecule has 0 bridgehead atoms. The molecule has 3 aromatic heterocycles. The molecule has 0 N–H and O–H groups in total. The Hall–Kier alpha value is -9.19. The maximum Gasteiger partial charge on any atom is 0.166 e. The van der Waals surface area contributed by atoms with Crippen LogP contribution in [0.1, 0.15) is 9.60 Å². The second kappa shape index (κ2) is 16.4. The molecule has 68 heavy (non-hydrogen) atoms. The molecule has 0 spiro atoms. The van der Waals surface area contributed by atoms with Crippen LogP contribution in [0, 0.1) is 0 Å². The Bertz CT molecular complexity index is 4470. The Morgan fingerprint density at radius 1 is 0.338 bits per heavy atom. The predicted octanol–water partition coefficient (Wildman–Crippen LogP) is 16.5. The first-order valence-electron chi connectivity index (χ1n) is 25.8. The van der Waals surface area contributed by atoms with Crippen LogP contribution in [0.3, 0.4) is 0 Å². The molecule has 3 heterocycles. The van der Waals surface area contributed by atoms with Gasteiger partial charge >= 0.3 is 0 Å². The molecule has 0 saturated carbocycles. The Labute approximate surface area is 402 Å². The minimum absolute atomic E-state index is 0.0523. The van der Waals surface area contributed by atoms with Gasteiger partial charge in [0.1, 0.15) is 11.2 Å². The van der Waals surface area contributed by atoms with Crippen LogP contribution in [0.4, 0.5) is 0 Å². The first-order valence-corrected chi connectivity index (χ1v) is 22.3. The number of rotatable bonds is 8. The Morgan fingerprint density at radius 3 is 1.56 bits per heavy atom. The van der Waals surface area contributed by atoms with Crippen LogP contribution in [0.5, 0.6) is 0 Å². The molecule has 13 rings (SSSR count). The third kappa shape index (κ3) is 6.84. The van der Waals surface area contributed by atoms with E-state index in [1.54, 1.807) is 16.7 Å². The zero-order valence-electron chi connectivity index (χ0n) is 43.2. The van der Waals surface area contributed by atoms with Gasteiger partial charge in [0.05, 0.1) is 26.3 Å². The summed E-state index contributed by atoms with van der Waals surface area (Å²) in [7, 11) is 0. The minimum Gasteiger partial charge on any atom is -0.455 e. The molecular weight excluding hydrogens is 829 g/mol. The first kappa shape index (κ1) is 32.5. The molecule has 10 aromatic carbocycles. The highest BCUT2D eigenvalue weighted by Crippen LogP contribution is 2.39. The minimum atomic E-state index is -0.474. The summed E-state index contributed by atoms with van der Waals surface area (Å²) in [5, 5.41) is 2.17. The lowest BCUT2D eigenvalue weighted by atomic mass is 9.95. The van der Waals surface area contributed by atoms with Gasteiger partial charge < -0.3 is 8.98 Å². The molecule has 0 amide bonds. The van der Waals surface area contributed by atoms with E-state index in [9.17, 15) is 2.74 Å². The van der Waals surface area contributed by atoms with Gasteiger partial charge in [-0.25, -0.2) is 15.0 Å². The average Bonchev–Trinajstić information content (AvgIpc) is 4.06. The largest absolute Gasteiger partial charge is 0.455 e. The van der Waals surface area contributed by atoms with E-state index in [1.165, 1.54) is 6.07 Å². The fraction of sp³-hybridized carbons (Fsp3) is 0. The summed E-state index contributed by atoms with van der Waals surface area (Å²) in [5.74, 6) is 0.999. The van der Waals surface area contributed by atoms with Gasteiger partial charge in [-0.1, -0.05) is 188 Å². The number of aromatic nitrogens is 4. The predicted molar refractivity (Wildman–Crippen MR) is 279 cm³/mol. The topological polar surface area (TPSA) is 56.7 Å². The summed E-state index contributed by atoms with van der Waals surface area (Å²) < 4.78 is 70.6. The summed E-state index contributed by atoms with van der Waals surface area (Å²) in [6.45, 7) is 0. The molecule has 0 aliphatic rings. The normalized spacial score (nSPS) is 13.0. The molecule has 0 saturated heterocycles. The van der Waals surface area contributed by atoms with Crippen LogP contribution in [0.2, 0.25) is 0 Å². The van der Waals surface area contributed by atoms with Crippen molar-refractivity contribution in [1.29, 1.82) is 0 Å². The zero-order valence-corrected chi connectivity index (χ0v) is 36.2. The van der Waals surface area contributed by atoms with Crippen molar-refractivity contribution in [3.63, 3.8) is 0 Å². The first-order chi connectivity index (χ1) is 36.6. The third-order valence-corrected chi connectivity index (χ3v) is 12.6. The van der Waals surface area contributed by atoms with E-state index in [-0.39, 0.29) is 57.8 Å². The number of benzene rings is 10. The quantitative estimate of drug-likeness (QED) is 0.153. The molecular formula is C63H40N4O. The van der Waals surface area contributed by atoms with Crippen LogP contribution in [0.15, 0.2) is 247 Å². The van der Waals surface area contributed by atoms with Crippen molar-refractivity contribution in [3.8, 4) is 84.4 Å². The average molecular weight is 876 g/mol. The maximum absolute atomic E-state index is 9.25. The van der Waals surface area contributed by atoms with Gasteiger partial charge in [-0.3, -0.25) is 0 Å². The highest BCUT2D eigenvalue weighted by atomic mass is 16.3. The molecule has 0 fully saturated rings. The number of hydrogen-bond acceptors (Lipinski definition) is 4. The van der Waals surface area contributed by atoms with Gasteiger partial charge in [0.15, 0.2) is 17.5 Å². The van der Waals surface area contributed by atoms with Crippen molar-refractivity contribution in [2.75, 3.05) is 0 Å². The fourth-order valence-electron chi connectivity index (χ4n) is 9.35. The van der Waals surface area contributed by atoms with E-state index in [1.807, 2.05) is 97.1 Å². The van der Waals surface area contributed by atoms with E-state index < -0.39 is 12.1 Å². The number of fused-ring (bicyclic) bond motifs is 6. The van der Waals surface area contributed by atoms with Crippen molar-refractivity contribution >= 4 is 43.7 Å². The molecule has 0 atom stereocenters. The molecule has 13 aromatic rings. The van der Waals surface area contributed by atoms with Crippen molar-refractivity contribution in [1.82, 2.24) is 19.5 Å². The lowest BCUT2D eigenvalue weighted by Crippen LogP contribution is -2.03. The molecule has 0 aliphatic carbocycles. The number of furan rings is 1. The van der Waals surface area contributed by atoms with Crippen LogP contribution >= 0.6 is 0 Å². The third-order valence-electron chi connectivity index (χ3n) is 12.6. The van der Waals surface area contributed by atoms with E-state index in [0.29, 0.717) is 28.5 Å². The molecule has 0 radical (unpaired) electrons. The van der Waals surface area contributed by atoms with Crippen molar-refractivity contribution in [2.45, 2.75) is 0 Å². The maximum atomic E-state index is 9.25. The Morgan fingerprint density at radius 2 is 0.824 bits per heavy atom. The van der Waals surface area contributed by atoms with Crippen molar-refractivity contribution in [3.05, 3.63) is 242 Å². The Kier molecular flexibility index (Phi) is 7.81. The molecule has 0 aliphatic heterocycles. The van der Waals surface area contributed by atoms with Crippen LogP contribution in [-0.4, -0.2) is 19.5 Å². The molecule has 5 heteroatoms. The highest BCUT2D eigenvalue weighted by Gasteiger charge is 2.20. The number of para-hydroxylation sites is 5. The highest BCUT2D eigenvalue weighted by molar-refractivity contribution is 6.10.